The molecule has 1 atom stereocenters. The maximum atomic E-state index is 12.9. The molecule has 2 heterocycles. The monoisotopic (exact) mass is 348 g/mol. The Balaban J connectivity index is 1.57. The number of carbonyl (C=O) groups excluding carboxylic acids is 1. The molecule has 6 nitrogen and oxygen atoms in total. The van der Waals surface area contributed by atoms with Crippen LogP contribution >= 0.6 is 0 Å². The molecule has 26 heavy (non-hydrogen) atoms. The first kappa shape index (κ1) is 16.3. The normalized spacial score (nSPS) is 15.4. The number of hydrogen-bond donors (Lipinski definition) is 1. The first-order chi connectivity index (χ1) is 12.6. The zero-order valence-corrected chi connectivity index (χ0v) is 14.8. The third-order valence-electron chi connectivity index (χ3n) is 4.84. The van der Waals surface area contributed by atoms with Gasteiger partial charge in [-0.15, -0.1) is 0 Å². The largest absolute Gasteiger partial charge is 0.490 e. The van der Waals surface area contributed by atoms with Crippen molar-refractivity contribution in [1.82, 2.24) is 20.1 Å². The number of nitrogens with zero attached hydrogens (tertiary/aromatic N) is 3. The maximum Gasteiger partial charge on any atom is 0.252 e. The third-order valence-corrected chi connectivity index (χ3v) is 4.84. The van der Waals surface area contributed by atoms with E-state index >= 15 is 0 Å². The Labute approximate surface area is 151 Å². The Kier molecular flexibility index (Phi) is 4.16. The van der Waals surface area contributed by atoms with Crippen molar-refractivity contribution in [3.8, 4) is 5.75 Å². The second-order valence-corrected chi connectivity index (χ2v) is 6.51. The minimum atomic E-state index is -0.142. The number of aromatic nitrogens is 3. The molecule has 1 aliphatic heterocycles. The van der Waals surface area contributed by atoms with Gasteiger partial charge in [0.15, 0.2) is 0 Å². The molecule has 0 bridgehead atoms. The van der Waals surface area contributed by atoms with E-state index in [0.717, 1.165) is 22.4 Å². The van der Waals surface area contributed by atoms with Gasteiger partial charge in [0.2, 0.25) is 0 Å². The Morgan fingerprint density at radius 1 is 1.27 bits per heavy atom. The number of carbonyl (C=O) groups is 1. The van der Waals surface area contributed by atoms with Crippen LogP contribution in [0.1, 0.15) is 38.7 Å². The summed E-state index contributed by atoms with van der Waals surface area (Å²) in [6.07, 6.45) is 3.13. The molecule has 6 heteroatoms. The van der Waals surface area contributed by atoms with Crippen molar-refractivity contribution in [2.45, 2.75) is 26.4 Å². The van der Waals surface area contributed by atoms with Crippen LogP contribution in [-0.2, 0) is 6.54 Å². The van der Waals surface area contributed by atoms with Crippen LogP contribution in [0.2, 0.25) is 0 Å². The summed E-state index contributed by atoms with van der Waals surface area (Å²) in [5.41, 5.74) is 4.89. The van der Waals surface area contributed by atoms with Crippen molar-refractivity contribution >= 4 is 5.91 Å². The highest BCUT2D eigenvalue weighted by atomic mass is 16.5. The predicted octanol–water partition coefficient (Wildman–Crippen LogP) is 2.81. The predicted molar refractivity (Wildman–Crippen MR) is 97.2 cm³/mol. The number of nitrogens with one attached hydrogen (secondary N) is 1. The second kappa shape index (κ2) is 6.63. The Bertz CT molecular complexity index is 950. The molecule has 132 valence electrons. The van der Waals surface area contributed by atoms with Gasteiger partial charge < -0.3 is 10.1 Å². The SMILES string of the molecule is Cc1ccc2c(c1C)OC[C@@H]2NC(=O)c1ccccc1Cn1cncn1. The highest BCUT2D eigenvalue weighted by Crippen LogP contribution is 2.36. The number of rotatable bonds is 4. The van der Waals surface area contributed by atoms with Crippen molar-refractivity contribution in [2.24, 2.45) is 0 Å². The van der Waals surface area contributed by atoms with E-state index in [9.17, 15) is 4.79 Å². The van der Waals surface area contributed by atoms with Crippen molar-refractivity contribution in [2.75, 3.05) is 6.61 Å². The van der Waals surface area contributed by atoms with Crippen molar-refractivity contribution in [3.05, 3.63) is 76.9 Å². The van der Waals surface area contributed by atoms with Gasteiger partial charge in [-0.3, -0.25) is 4.79 Å². The van der Waals surface area contributed by atoms with E-state index in [1.165, 1.54) is 11.9 Å². The number of aryl methyl sites for hydroxylation is 1. The fourth-order valence-corrected chi connectivity index (χ4v) is 3.26. The molecule has 0 saturated carbocycles. The molecular formula is C20H20N4O2. The molecule has 0 saturated heterocycles. The van der Waals surface area contributed by atoms with E-state index in [1.807, 2.05) is 37.3 Å². The van der Waals surface area contributed by atoms with E-state index < -0.39 is 0 Å². The quantitative estimate of drug-likeness (QED) is 0.787. The zero-order valence-electron chi connectivity index (χ0n) is 14.8. The Morgan fingerprint density at radius 3 is 2.92 bits per heavy atom. The minimum Gasteiger partial charge on any atom is -0.490 e. The number of benzene rings is 2. The Hall–Kier alpha value is -3.15. The molecule has 0 spiro atoms. The van der Waals surface area contributed by atoms with Gasteiger partial charge in [-0.05, 0) is 36.6 Å². The molecule has 4 rings (SSSR count). The summed E-state index contributed by atoms with van der Waals surface area (Å²) in [5.74, 6) is 0.784. The van der Waals surface area contributed by atoms with Gasteiger partial charge in [-0.1, -0.05) is 30.3 Å². The molecule has 1 amide bonds. The van der Waals surface area contributed by atoms with E-state index in [0.29, 0.717) is 18.7 Å². The lowest BCUT2D eigenvalue weighted by Crippen LogP contribution is -2.30. The fraction of sp³-hybridized carbons (Fsp3) is 0.250. The molecular weight excluding hydrogens is 328 g/mol. The van der Waals surface area contributed by atoms with Gasteiger partial charge in [0, 0.05) is 11.1 Å². The van der Waals surface area contributed by atoms with Crippen LogP contribution < -0.4 is 10.1 Å². The summed E-state index contributed by atoms with van der Waals surface area (Å²) in [6, 6.07) is 11.5. The first-order valence-electron chi connectivity index (χ1n) is 8.57. The second-order valence-electron chi connectivity index (χ2n) is 6.51. The van der Waals surface area contributed by atoms with Crippen LogP contribution in [-0.4, -0.2) is 27.3 Å². The van der Waals surface area contributed by atoms with Crippen LogP contribution in [0.25, 0.3) is 0 Å². The molecule has 0 fully saturated rings. The topological polar surface area (TPSA) is 69.0 Å². The molecule has 0 radical (unpaired) electrons. The average molecular weight is 348 g/mol. The number of fused-ring (bicyclic) bond motifs is 1. The third kappa shape index (κ3) is 2.94. The lowest BCUT2D eigenvalue weighted by atomic mass is 10.0. The van der Waals surface area contributed by atoms with Crippen LogP contribution in [0.15, 0.2) is 49.1 Å². The average Bonchev–Trinajstić information content (AvgIpc) is 3.29. The van der Waals surface area contributed by atoms with Crippen LogP contribution in [0.3, 0.4) is 0 Å². The summed E-state index contributed by atoms with van der Waals surface area (Å²) in [5, 5.41) is 7.23. The van der Waals surface area contributed by atoms with Gasteiger partial charge in [0.05, 0.1) is 12.6 Å². The molecule has 1 N–H and O–H groups in total. The van der Waals surface area contributed by atoms with Gasteiger partial charge >= 0.3 is 0 Å². The van der Waals surface area contributed by atoms with Crippen molar-refractivity contribution < 1.29 is 9.53 Å². The van der Waals surface area contributed by atoms with Gasteiger partial charge in [0.25, 0.3) is 5.91 Å². The van der Waals surface area contributed by atoms with E-state index in [4.69, 9.17) is 4.74 Å². The van der Waals surface area contributed by atoms with E-state index in [-0.39, 0.29) is 11.9 Å². The summed E-state index contributed by atoms with van der Waals surface area (Å²) < 4.78 is 7.54. The summed E-state index contributed by atoms with van der Waals surface area (Å²) in [7, 11) is 0. The molecule has 1 aliphatic rings. The Morgan fingerprint density at radius 2 is 2.12 bits per heavy atom. The molecule has 0 unspecified atom stereocenters. The maximum absolute atomic E-state index is 12.9. The molecule has 1 aromatic heterocycles. The van der Waals surface area contributed by atoms with E-state index in [1.54, 1.807) is 11.0 Å². The van der Waals surface area contributed by atoms with Gasteiger partial charge in [0.1, 0.15) is 25.0 Å². The van der Waals surface area contributed by atoms with Gasteiger partial charge in [-0.2, -0.15) is 5.10 Å². The molecule has 3 aromatic rings. The van der Waals surface area contributed by atoms with Crippen LogP contribution in [0.4, 0.5) is 0 Å². The highest BCUT2D eigenvalue weighted by molar-refractivity contribution is 5.96. The smallest absolute Gasteiger partial charge is 0.252 e. The van der Waals surface area contributed by atoms with Crippen LogP contribution in [0, 0.1) is 13.8 Å². The molecule has 2 aromatic carbocycles. The summed E-state index contributed by atoms with van der Waals surface area (Å²) in [6.45, 7) is 5.06. The van der Waals surface area contributed by atoms with Crippen molar-refractivity contribution in [3.63, 3.8) is 0 Å². The summed E-state index contributed by atoms with van der Waals surface area (Å²) >= 11 is 0. The lowest BCUT2D eigenvalue weighted by Gasteiger charge is -2.14. The standard InChI is InChI=1S/C20H20N4O2/c1-13-7-8-17-18(10-26-19(17)14(13)2)23-20(25)16-6-4-3-5-15(16)9-24-12-21-11-22-24/h3-8,11-12,18H,9-10H2,1-2H3,(H,23,25)/t18-/m0/s1. The fourth-order valence-electron chi connectivity index (χ4n) is 3.26. The first-order valence-corrected chi connectivity index (χ1v) is 8.57. The minimum absolute atomic E-state index is 0.111. The molecule has 0 aliphatic carbocycles. The van der Waals surface area contributed by atoms with Crippen molar-refractivity contribution in [1.29, 1.82) is 0 Å². The number of ether oxygens (including phenoxy) is 1. The van der Waals surface area contributed by atoms with Crippen LogP contribution in [0.5, 0.6) is 5.75 Å². The summed E-state index contributed by atoms with van der Waals surface area (Å²) in [4.78, 5) is 16.9. The highest BCUT2D eigenvalue weighted by Gasteiger charge is 2.28. The van der Waals surface area contributed by atoms with E-state index in [2.05, 4.69) is 28.4 Å². The van der Waals surface area contributed by atoms with Gasteiger partial charge in [-0.25, -0.2) is 9.67 Å². The number of amides is 1. The lowest BCUT2D eigenvalue weighted by molar-refractivity contribution is 0.0929. The zero-order chi connectivity index (χ0) is 18.1. The number of hydrogen-bond acceptors (Lipinski definition) is 4.